The van der Waals surface area contributed by atoms with Crippen molar-refractivity contribution >= 4 is 29.6 Å². The number of aromatic nitrogens is 3. The molecule has 1 saturated carbocycles. The zero-order valence-corrected chi connectivity index (χ0v) is 22.1. The Hall–Kier alpha value is -3.36. The summed E-state index contributed by atoms with van der Waals surface area (Å²) in [6.07, 6.45) is 8.57. The summed E-state index contributed by atoms with van der Waals surface area (Å²) in [6.45, 7) is 11.6. The van der Waals surface area contributed by atoms with Crippen LogP contribution in [0.15, 0.2) is 18.7 Å². The van der Waals surface area contributed by atoms with Crippen LogP contribution in [-0.2, 0) is 9.53 Å². The topological polar surface area (TPSA) is 86.1 Å². The number of ether oxygens (including phenoxy) is 1. The number of esters is 1. The Morgan fingerprint density at radius 2 is 1.89 bits per heavy atom. The van der Waals surface area contributed by atoms with E-state index in [0.29, 0.717) is 42.8 Å². The predicted octanol–water partition coefficient (Wildman–Crippen LogP) is 6.12. The van der Waals surface area contributed by atoms with Crippen molar-refractivity contribution < 1.29 is 23.1 Å². The molecule has 3 rings (SSSR count). The van der Waals surface area contributed by atoms with Gasteiger partial charge in [0, 0.05) is 18.5 Å². The van der Waals surface area contributed by atoms with E-state index in [0.717, 1.165) is 25.7 Å². The summed E-state index contributed by atoms with van der Waals surface area (Å²) < 4.78 is 36.7. The summed E-state index contributed by atoms with van der Waals surface area (Å²) in [5.41, 5.74) is 0.977. The van der Waals surface area contributed by atoms with Gasteiger partial charge in [0.2, 0.25) is 0 Å². The molecule has 0 saturated heterocycles. The van der Waals surface area contributed by atoms with E-state index in [1.807, 2.05) is 6.92 Å². The van der Waals surface area contributed by atoms with Gasteiger partial charge in [-0.1, -0.05) is 31.2 Å². The first-order valence-corrected chi connectivity index (χ1v) is 12.9. The van der Waals surface area contributed by atoms with Gasteiger partial charge in [-0.05, 0) is 76.7 Å². The van der Waals surface area contributed by atoms with Crippen molar-refractivity contribution in [2.75, 3.05) is 6.54 Å². The van der Waals surface area contributed by atoms with Gasteiger partial charge >= 0.3 is 5.97 Å². The molecule has 2 aromatic rings. The summed E-state index contributed by atoms with van der Waals surface area (Å²) in [5, 5.41) is 11.1. The minimum atomic E-state index is -1.19. The fourth-order valence-corrected chi connectivity index (χ4v) is 4.26. The predicted molar refractivity (Wildman–Crippen MR) is 140 cm³/mol. The monoisotopic (exact) mass is 514 g/mol. The lowest BCUT2D eigenvalue weighted by molar-refractivity contribution is -0.150. The molecule has 0 aliphatic heterocycles. The molecule has 1 aromatic heterocycles. The number of nitrogens with one attached hydrogen (secondary N) is 1. The second-order valence-electron chi connectivity index (χ2n) is 9.74. The van der Waals surface area contributed by atoms with E-state index in [2.05, 4.69) is 29.1 Å². The molecule has 1 aliphatic carbocycles. The highest BCUT2D eigenvalue weighted by atomic mass is 19.2. The lowest BCUT2D eigenvalue weighted by atomic mass is 10.0. The average Bonchev–Trinajstić information content (AvgIpc) is 3.43. The van der Waals surface area contributed by atoms with Crippen LogP contribution in [0.5, 0.6) is 0 Å². The van der Waals surface area contributed by atoms with Crippen molar-refractivity contribution in [1.29, 1.82) is 0 Å². The lowest BCUT2D eigenvalue weighted by Gasteiger charge is -2.18. The number of halogens is 2. The van der Waals surface area contributed by atoms with Crippen LogP contribution in [0.2, 0.25) is 0 Å². The summed E-state index contributed by atoms with van der Waals surface area (Å²) in [5.74, 6) is -3.13. The summed E-state index contributed by atoms with van der Waals surface area (Å²) in [6, 6.07) is 2.66. The number of nitrogens with zero attached hydrogens (tertiary/aromatic N) is 3. The van der Waals surface area contributed by atoms with Crippen LogP contribution in [0.1, 0.15) is 106 Å². The van der Waals surface area contributed by atoms with Crippen molar-refractivity contribution in [3.63, 3.8) is 0 Å². The van der Waals surface area contributed by atoms with Gasteiger partial charge in [-0.25, -0.2) is 13.5 Å². The Balaban J connectivity index is 1.79. The van der Waals surface area contributed by atoms with Crippen molar-refractivity contribution in [2.24, 2.45) is 0 Å². The molecule has 0 spiro atoms. The fraction of sp³-hybridized carbons (Fsp3) is 0.500. The second-order valence-corrected chi connectivity index (χ2v) is 9.74. The SMILES string of the molecule is C=Cc1c(/C=C(\C)c2ccc(C(=O)NCC)c(F)c2F)nnn1C(CCC)CCCC(=O)OC1(C)CC1. The van der Waals surface area contributed by atoms with E-state index in [1.54, 1.807) is 30.7 Å². The van der Waals surface area contributed by atoms with Gasteiger partial charge in [-0.3, -0.25) is 9.59 Å². The molecule has 37 heavy (non-hydrogen) atoms. The molecule has 7 nitrogen and oxygen atoms in total. The van der Waals surface area contributed by atoms with E-state index in [9.17, 15) is 18.4 Å². The van der Waals surface area contributed by atoms with E-state index >= 15 is 0 Å². The normalized spacial score (nSPS) is 15.2. The molecule has 1 aliphatic rings. The maximum atomic E-state index is 14.8. The third-order valence-corrected chi connectivity index (χ3v) is 6.59. The molecule has 1 aromatic carbocycles. The number of allylic oxidation sites excluding steroid dienone is 1. The van der Waals surface area contributed by atoms with Gasteiger partial charge in [0.1, 0.15) is 11.3 Å². The van der Waals surface area contributed by atoms with Crippen LogP contribution >= 0.6 is 0 Å². The van der Waals surface area contributed by atoms with E-state index in [4.69, 9.17) is 4.74 Å². The minimum Gasteiger partial charge on any atom is -0.459 e. The van der Waals surface area contributed by atoms with Crippen molar-refractivity contribution in [2.45, 2.75) is 84.3 Å². The van der Waals surface area contributed by atoms with Crippen LogP contribution in [0.25, 0.3) is 17.7 Å². The van der Waals surface area contributed by atoms with Crippen LogP contribution < -0.4 is 5.32 Å². The highest BCUT2D eigenvalue weighted by Gasteiger charge is 2.41. The summed E-state index contributed by atoms with van der Waals surface area (Å²) >= 11 is 0. The zero-order valence-electron chi connectivity index (χ0n) is 22.1. The maximum Gasteiger partial charge on any atom is 0.306 e. The van der Waals surface area contributed by atoms with Gasteiger partial charge in [0.05, 0.1) is 17.3 Å². The number of benzene rings is 1. The number of carbonyl (C=O) groups is 2. The number of carbonyl (C=O) groups excluding carboxylic acids is 2. The molecule has 0 bridgehead atoms. The van der Waals surface area contributed by atoms with E-state index < -0.39 is 17.5 Å². The molecule has 9 heteroatoms. The molecule has 0 radical (unpaired) electrons. The molecule has 1 heterocycles. The van der Waals surface area contributed by atoms with E-state index in [1.165, 1.54) is 12.1 Å². The Bertz CT molecular complexity index is 1180. The smallest absolute Gasteiger partial charge is 0.306 e. The van der Waals surface area contributed by atoms with E-state index in [-0.39, 0.29) is 28.7 Å². The van der Waals surface area contributed by atoms with Crippen molar-refractivity contribution in [1.82, 2.24) is 20.3 Å². The first kappa shape index (κ1) is 28.2. The summed E-state index contributed by atoms with van der Waals surface area (Å²) in [4.78, 5) is 24.1. The number of hydrogen-bond donors (Lipinski definition) is 1. The third-order valence-electron chi connectivity index (χ3n) is 6.59. The number of rotatable bonds is 13. The molecular weight excluding hydrogens is 478 g/mol. The highest BCUT2D eigenvalue weighted by Crippen LogP contribution is 2.39. The largest absolute Gasteiger partial charge is 0.459 e. The first-order valence-electron chi connectivity index (χ1n) is 12.9. The minimum absolute atomic E-state index is 0.00260. The van der Waals surface area contributed by atoms with Gasteiger partial charge in [-0.2, -0.15) is 0 Å². The molecule has 1 amide bonds. The Labute approximate surface area is 217 Å². The standard InChI is InChI=1S/C28H36F2N4O3/c1-6-10-19(11-9-12-24(35)37-28(5)15-16-28)34-23(7-2)22(32-33-34)17-18(4)20-13-14-21(26(30)25(20)29)27(36)31-8-3/h7,13-14,17,19H,2,6,8-12,15-16H2,1,3-5H3,(H,31,36)/b18-17+. The van der Waals surface area contributed by atoms with Crippen LogP contribution in [0.4, 0.5) is 8.78 Å². The zero-order chi connectivity index (χ0) is 27.2. The number of hydrogen-bond acceptors (Lipinski definition) is 5. The van der Waals surface area contributed by atoms with Crippen molar-refractivity contribution in [3.05, 3.63) is 52.9 Å². The molecule has 1 unspecified atom stereocenters. The highest BCUT2D eigenvalue weighted by molar-refractivity contribution is 5.95. The molecule has 1 fully saturated rings. The third kappa shape index (κ3) is 6.90. The van der Waals surface area contributed by atoms with Crippen LogP contribution in [0.3, 0.4) is 0 Å². The Morgan fingerprint density at radius 1 is 1.22 bits per heavy atom. The van der Waals surface area contributed by atoms with Gasteiger partial charge in [0.25, 0.3) is 5.91 Å². The van der Waals surface area contributed by atoms with Crippen molar-refractivity contribution in [3.8, 4) is 0 Å². The van der Waals surface area contributed by atoms with Gasteiger partial charge in [0.15, 0.2) is 11.6 Å². The van der Waals surface area contributed by atoms with Gasteiger partial charge < -0.3 is 10.1 Å². The van der Waals surface area contributed by atoms with Gasteiger partial charge in [-0.15, -0.1) is 5.10 Å². The number of amides is 1. The quantitative estimate of drug-likeness (QED) is 0.326. The first-order chi connectivity index (χ1) is 17.6. The Kier molecular flexibility index (Phi) is 9.34. The maximum absolute atomic E-state index is 14.8. The molecule has 200 valence electrons. The fourth-order valence-electron chi connectivity index (χ4n) is 4.26. The average molecular weight is 515 g/mol. The Morgan fingerprint density at radius 3 is 2.51 bits per heavy atom. The van der Waals surface area contributed by atoms with Crippen LogP contribution in [-0.4, -0.2) is 39.0 Å². The molecule has 1 N–H and O–H groups in total. The lowest BCUT2D eigenvalue weighted by Crippen LogP contribution is -2.24. The molecular formula is C28H36F2N4O3. The summed E-state index contributed by atoms with van der Waals surface area (Å²) in [7, 11) is 0. The molecule has 1 atom stereocenters. The van der Waals surface area contributed by atoms with Crippen LogP contribution in [0, 0.1) is 11.6 Å². The second kappa shape index (κ2) is 12.3.